The number of unbranched alkanes of at least 4 members (excludes halogenated alkanes) is 14. The van der Waals surface area contributed by atoms with Crippen molar-refractivity contribution in [1.29, 1.82) is 0 Å². The summed E-state index contributed by atoms with van der Waals surface area (Å²) in [5, 5.41) is -0.628. The van der Waals surface area contributed by atoms with Crippen LogP contribution in [0.2, 0.25) is 0 Å². The summed E-state index contributed by atoms with van der Waals surface area (Å²) in [5.74, 6) is 0. The van der Waals surface area contributed by atoms with Crippen molar-refractivity contribution >= 4 is 10.7 Å². The molecule has 0 saturated heterocycles. The Morgan fingerprint density at radius 1 is 0.636 bits per heavy atom. The van der Waals surface area contributed by atoms with Crippen LogP contribution >= 0.6 is 0 Å². The van der Waals surface area contributed by atoms with Gasteiger partial charge in [-0.1, -0.05) is 103 Å². The van der Waals surface area contributed by atoms with E-state index < -0.39 is 16.1 Å². The van der Waals surface area contributed by atoms with E-state index in [1.54, 1.807) is 0 Å². The maximum Gasteiger partial charge on any atom is 0.155 e. The van der Waals surface area contributed by atoms with E-state index in [1.807, 2.05) is 0 Å². The molecule has 0 aliphatic heterocycles. The Morgan fingerprint density at radius 3 is 1.27 bits per heavy atom. The Balaban J connectivity index is 3.05. The quantitative estimate of drug-likeness (QED) is 0.286. The van der Waals surface area contributed by atoms with E-state index in [1.165, 1.54) is 83.5 Å². The largest absolute Gasteiger partial charge is 0.315 e. The second-order valence-corrected chi connectivity index (χ2v) is 7.83. The smallest absolute Gasteiger partial charge is 0.155 e. The third-order valence-corrected chi connectivity index (χ3v) is 5.17. The van der Waals surface area contributed by atoms with Gasteiger partial charge in [-0.25, -0.2) is 8.42 Å². The summed E-state index contributed by atoms with van der Waals surface area (Å²) in [7, 11) is -2.43. The Labute approximate surface area is 140 Å². The number of hydrogen-bond acceptors (Lipinski definition) is 3. The molecule has 0 radical (unpaired) electrons. The van der Waals surface area contributed by atoms with Crippen molar-refractivity contribution in [2.24, 2.45) is 5.73 Å². The zero-order chi connectivity index (χ0) is 16.5. The van der Waals surface area contributed by atoms with Gasteiger partial charge in [0, 0.05) is 0 Å². The zero-order valence-corrected chi connectivity index (χ0v) is 15.6. The van der Waals surface area contributed by atoms with E-state index in [-0.39, 0.29) is 0 Å². The summed E-state index contributed by atoms with van der Waals surface area (Å²) in [4.78, 5) is 0. The third kappa shape index (κ3) is 16.3. The molecule has 0 fully saturated rings. The fraction of sp³-hybridized carbons (Fsp3) is 1.00. The predicted molar refractivity (Wildman–Crippen MR) is 97.8 cm³/mol. The standard InChI is InChI=1S/C18H39NO2S/c1-2-3-4-5-6-7-8-9-10-11-12-13-14-15-16-17-18(19)22(20)21/h18,22H,2-17,19H2,1H3. The van der Waals surface area contributed by atoms with E-state index in [0.717, 1.165) is 12.8 Å². The molecule has 0 aliphatic carbocycles. The lowest BCUT2D eigenvalue weighted by Gasteiger charge is -2.04. The molecule has 0 spiro atoms. The van der Waals surface area contributed by atoms with Crippen molar-refractivity contribution in [1.82, 2.24) is 0 Å². The molecule has 0 aliphatic rings. The van der Waals surface area contributed by atoms with Crippen LogP contribution in [-0.2, 0) is 10.7 Å². The topological polar surface area (TPSA) is 60.2 Å². The van der Waals surface area contributed by atoms with Gasteiger partial charge in [-0.3, -0.25) is 0 Å². The molecule has 0 aromatic carbocycles. The van der Waals surface area contributed by atoms with Gasteiger partial charge in [0.05, 0.1) is 0 Å². The van der Waals surface area contributed by atoms with Crippen LogP contribution in [0.4, 0.5) is 0 Å². The number of nitrogens with two attached hydrogens (primary N) is 1. The van der Waals surface area contributed by atoms with Crippen molar-refractivity contribution in [2.75, 3.05) is 0 Å². The second-order valence-electron chi connectivity index (χ2n) is 6.59. The summed E-state index contributed by atoms with van der Waals surface area (Å²) >= 11 is 0. The molecule has 4 heteroatoms. The molecule has 2 N–H and O–H groups in total. The second kappa shape index (κ2) is 17.3. The van der Waals surface area contributed by atoms with Crippen LogP contribution in [0.25, 0.3) is 0 Å². The Bertz CT molecular complexity index is 285. The van der Waals surface area contributed by atoms with Crippen LogP contribution in [0.1, 0.15) is 110 Å². The molecule has 134 valence electrons. The molecule has 0 saturated carbocycles. The van der Waals surface area contributed by atoms with Crippen molar-refractivity contribution in [2.45, 2.75) is 115 Å². The van der Waals surface area contributed by atoms with Crippen LogP contribution in [0.5, 0.6) is 0 Å². The molecule has 0 bridgehead atoms. The summed E-state index contributed by atoms with van der Waals surface area (Å²) in [6, 6.07) is 0. The van der Waals surface area contributed by atoms with Gasteiger partial charge in [0.25, 0.3) is 0 Å². The maximum absolute atomic E-state index is 10.6. The molecule has 1 unspecified atom stereocenters. The molecule has 0 aromatic heterocycles. The molecular weight excluding hydrogens is 294 g/mol. The average molecular weight is 334 g/mol. The van der Waals surface area contributed by atoms with Crippen LogP contribution in [-0.4, -0.2) is 13.8 Å². The minimum atomic E-state index is -2.43. The first kappa shape index (κ1) is 21.9. The third-order valence-electron chi connectivity index (χ3n) is 4.37. The van der Waals surface area contributed by atoms with Gasteiger partial charge in [-0.2, -0.15) is 0 Å². The Morgan fingerprint density at radius 2 is 0.955 bits per heavy atom. The monoisotopic (exact) mass is 333 g/mol. The van der Waals surface area contributed by atoms with Gasteiger partial charge in [-0.05, 0) is 6.42 Å². The maximum atomic E-state index is 10.6. The van der Waals surface area contributed by atoms with E-state index in [9.17, 15) is 8.42 Å². The first-order valence-electron chi connectivity index (χ1n) is 9.57. The Kier molecular flexibility index (Phi) is 17.2. The van der Waals surface area contributed by atoms with Crippen molar-refractivity contribution < 1.29 is 8.42 Å². The minimum Gasteiger partial charge on any atom is -0.315 e. The van der Waals surface area contributed by atoms with Gasteiger partial charge in [-0.15, -0.1) is 0 Å². The number of thiol groups is 1. The molecule has 0 aromatic rings. The van der Waals surface area contributed by atoms with Gasteiger partial charge >= 0.3 is 0 Å². The fourth-order valence-corrected chi connectivity index (χ4v) is 3.22. The van der Waals surface area contributed by atoms with Crippen LogP contribution in [0, 0.1) is 0 Å². The van der Waals surface area contributed by atoms with Crippen LogP contribution < -0.4 is 5.73 Å². The normalized spacial score (nSPS) is 12.9. The van der Waals surface area contributed by atoms with E-state index >= 15 is 0 Å². The summed E-state index contributed by atoms with van der Waals surface area (Å²) in [6.07, 6.45) is 20.5. The molecular formula is C18H39NO2S. The molecule has 22 heavy (non-hydrogen) atoms. The molecule has 3 nitrogen and oxygen atoms in total. The van der Waals surface area contributed by atoms with Crippen molar-refractivity contribution in [3.05, 3.63) is 0 Å². The minimum absolute atomic E-state index is 0.622. The molecule has 0 amide bonds. The lowest BCUT2D eigenvalue weighted by Crippen LogP contribution is -2.20. The highest BCUT2D eigenvalue weighted by atomic mass is 32.2. The number of rotatable bonds is 17. The van der Waals surface area contributed by atoms with Crippen molar-refractivity contribution in [3.63, 3.8) is 0 Å². The SMILES string of the molecule is CCCCCCCCCCCCCCCCCC(N)[SH](=O)=O. The van der Waals surface area contributed by atoms with E-state index in [4.69, 9.17) is 5.73 Å². The number of hydrogen-bond donors (Lipinski definition) is 2. The molecule has 0 rings (SSSR count). The van der Waals surface area contributed by atoms with Crippen molar-refractivity contribution in [3.8, 4) is 0 Å². The lowest BCUT2D eigenvalue weighted by atomic mass is 10.0. The van der Waals surface area contributed by atoms with E-state index in [0.29, 0.717) is 6.42 Å². The average Bonchev–Trinajstić information content (AvgIpc) is 2.50. The zero-order valence-electron chi connectivity index (χ0n) is 14.7. The Hall–Kier alpha value is -0.0900. The van der Waals surface area contributed by atoms with Gasteiger partial charge in [0.2, 0.25) is 0 Å². The fourth-order valence-electron chi connectivity index (χ4n) is 2.83. The summed E-state index contributed by atoms with van der Waals surface area (Å²) < 4.78 is 21.2. The first-order valence-corrected chi connectivity index (χ1v) is 10.8. The highest BCUT2D eigenvalue weighted by Crippen LogP contribution is 2.13. The highest BCUT2D eigenvalue weighted by molar-refractivity contribution is 7.73. The van der Waals surface area contributed by atoms with E-state index in [2.05, 4.69) is 6.92 Å². The van der Waals surface area contributed by atoms with Gasteiger partial charge in [0.15, 0.2) is 10.7 Å². The van der Waals surface area contributed by atoms with Crippen LogP contribution in [0.3, 0.4) is 0 Å². The summed E-state index contributed by atoms with van der Waals surface area (Å²) in [5.41, 5.74) is 5.47. The van der Waals surface area contributed by atoms with Gasteiger partial charge < -0.3 is 5.73 Å². The predicted octanol–water partition coefficient (Wildman–Crippen LogP) is 5.14. The molecule has 1 atom stereocenters. The van der Waals surface area contributed by atoms with Gasteiger partial charge in [0.1, 0.15) is 5.37 Å². The highest BCUT2D eigenvalue weighted by Gasteiger charge is 2.03. The summed E-state index contributed by atoms with van der Waals surface area (Å²) in [6.45, 7) is 2.27. The lowest BCUT2D eigenvalue weighted by molar-refractivity contribution is 0.526. The van der Waals surface area contributed by atoms with Crippen LogP contribution in [0.15, 0.2) is 0 Å². The first-order chi connectivity index (χ1) is 10.7. The molecule has 0 heterocycles.